The van der Waals surface area contributed by atoms with Crippen molar-refractivity contribution in [3.05, 3.63) is 58.6 Å². The molecule has 3 aromatic rings. The highest BCUT2D eigenvalue weighted by Crippen LogP contribution is 2.29. The van der Waals surface area contributed by atoms with Gasteiger partial charge in [0.2, 0.25) is 0 Å². The first kappa shape index (κ1) is 13.1. The summed E-state index contributed by atoms with van der Waals surface area (Å²) in [6.07, 6.45) is 0. The molecule has 1 aromatic carbocycles. The maximum absolute atomic E-state index is 5.75. The molecule has 0 saturated carbocycles. The van der Waals surface area contributed by atoms with Crippen molar-refractivity contribution in [3.63, 3.8) is 0 Å². The highest BCUT2D eigenvalue weighted by Gasteiger charge is 2.13. The predicted octanol–water partition coefficient (Wildman–Crippen LogP) is 3.68. The number of aromatic nitrogens is 2. The first-order valence-electron chi connectivity index (χ1n) is 6.59. The highest BCUT2D eigenvalue weighted by atomic mass is 32.1. The summed E-state index contributed by atoms with van der Waals surface area (Å²) >= 11 is 1.72. The number of rotatable bonds is 3. The molecule has 0 amide bonds. The number of hydrogen-bond acceptors (Lipinski definition) is 3. The molecule has 0 unspecified atom stereocenters. The molecule has 102 valence electrons. The molecule has 0 aliphatic carbocycles. The number of nitrogens with two attached hydrogens (primary N) is 1. The third-order valence-electron chi connectivity index (χ3n) is 3.32. The molecular weight excluding hydrogens is 266 g/mol. The molecule has 3 rings (SSSR count). The Balaban J connectivity index is 2.20. The number of benzene rings is 1. The van der Waals surface area contributed by atoms with Gasteiger partial charge in [-0.05, 0) is 43.0 Å². The normalized spacial score (nSPS) is 10.9. The van der Waals surface area contributed by atoms with Crippen molar-refractivity contribution in [1.82, 2.24) is 9.78 Å². The minimum absolute atomic E-state index is 0.455. The Morgan fingerprint density at radius 2 is 2.05 bits per heavy atom. The lowest BCUT2D eigenvalue weighted by Gasteiger charge is -2.10. The van der Waals surface area contributed by atoms with E-state index in [9.17, 15) is 0 Å². The van der Waals surface area contributed by atoms with Gasteiger partial charge in [0.05, 0.1) is 22.0 Å². The van der Waals surface area contributed by atoms with Crippen LogP contribution in [0, 0.1) is 13.8 Å². The molecule has 20 heavy (non-hydrogen) atoms. The van der Waals surface area contributed by atoms with Crippen LogP contribution in [0.3, 0.4) is 0 Å². The molecule has 0 spiro atoms. The van der Waals surface area contributed by atoms with Crippen LogP contribution in [0.4, 0.5) is 0 Å². The average molecular weight is 283 g/mol. The van der Waals surface area contributed by atoms with Gasteiger partial charge < -0.3 is 5.73 Å². The maximum Gasteiger partial charge on any atom is 0.0844 e. The van der Waals surface area contributed by atoms with Crippen LogP contribution in [0.15, 0.2) is 41.8 Å². The number of thiophene rings is 1. The quantitative estimate of drug-likeness (QED) is 0.797. The van der Waals surface area contributed by atoms with E-state index in [-0.39, 0.29) is 0 Å². The lowest BCUT2D eigenvalue weighted by atomic mass is 10.1. The molecule has 2 heterocycles. The molecule has 0 aliphatic heterocycles. The monoisotopic (exact) mass is 283 g/mol. The summed E-state index contributed by atoms with van der Waals surface area (Å²) in [6.45, 7) is 4.67. The number of nitrogens with zero attached hydrogens (tertiary/aromatic N) is 2. The van der Waals surface area contributed by atoms with Crippen LogP contribution in [0.5, 0.6) is 0 Å². The van der Waals surface area contributed by atoms with Crippen LogP contribution in [0.2, 0.25) is 0 Å². The first-order valence-corrected chi connectivity index (χ1v) is 7.47. The van der Waals surface area contributed by atoms with Gasteiger partial charge in [-0.25, -0.2) is 4.68 Å². The van der Waals surface area contributed by atoms with Crippen LogP contribution in [-0.4, -0.2) is 9.78 Å². The fraction of sp³-hybridized carbons (Fsp3) is 0.188. The molecular formula is C16H17N3S. The van der Waals surface area contributed by atoms with E-state index in [0.717, 1.165) is 17.1 Å². The van der Waals surface area contributed by atoms with Crippen LogP contribution in [0.25, 0.3) is 16.3 Å². The predicted molar refractivity (Wildman–Crippen MR) is 84.2 cm³/mol. The van der Waals surface area contributed by atoms with Gasteiger partial charge in [-0.3, -0.25) is 0 Å². The summed E-state index contributed by atoms with van der Waals surface area (Å²) in [7, 11) is 0. The third-order valence-corrected chi connectivity index (χ3v) is 4.22. The minimum atomic E-state index is 0.455. The molecule has 0 atom stereocenters. The molecule has 0 fully saturated rings. The summed E-state index contributed by atoms with van der Waals surface area (Å²) in [5, 5.41) is 6.72. The SMILES string of the molecule is Cc1ccc(-n2nc(CN)cc2-c2cccs2)c(C)c1. The van der Waals surface area contributed by atoms with Crippen molar-refractivity contribution in [3.8, 4) is 16.3 Å². The minimum Gasteiger partial charge on any atom is -0.325 e. The standard InChI is InChI=1S/C16H17N3S/c1-11-5-6-14(12(2)8-11)19-15(9-13(10-17)18-19)16-4-3-7-20-16/h3-9H,10,17H2,1-2H3. The zero-order valence-corrected chi connectivity index (χ0v) is 12.4. The second kappa shape index (κ2) is 5.23. The Bertz CT molecular complexity index is 726. The van der Waals surface area contributed by atoms with E-state index in [0.29, 0.717) is 6.54 Å². The van der Waals surface area contributed by atoms with E-state index in [2.05, 4.69) is 60.7 Å². The summed E-state index contributed by atoms with van der Waals surface area (Å²) in [4.78, 5) is 1.21. The van der Waals surface area contributed by atoms with Crippen LogP contribution >= 0.6 is 11.3 Å². The van der Waals surface area contributed by atoms with E-state index in [1.54, 1.807) is 11.3 Å². The Morgan fingerprint density at radius 1 is 1.20 bits per heavy atom. The smallest absolute Gasteiger partial charge is 0.0844 e. The Hall–Kier alpha value is -1.91. The first-order chi connectivity index (χ1) is 9.69. The topological polar surface area (TPSA) is 43.8 Å². The number of hydrogen-bond donors (Lipinski definition) is 1. The largest absolute Gasteiger partial charge is 0.325 e. The molecule has 3 nitrogen and oxygen atoms in total. The van der Waals surface area contributed by atoms with E-state index in [1.165, 1.54) is 16.0 Å². The molecule has 0 radical (unpaired) electrons. The van der Waals surface area contributed by atoms with Gasteiger partial charge in [-0.1, -0.05) is 23.8 Å². The van der Waals surface area contributed by atoms with Gasteiger partial charge in [-0.2, -0.15) is 5.10 Å². The van der Waals surface area contributed by atoms with Gasteiger partial charge in [0, 0.05) is 6.54 Å². The zero-order valence-electron chi connectivity index (χ0n) is 11.6. The fourth-order valence-corrected chi connectivity index (χ4v) is 3.08. The van der Waals surface area contributed by atoms with Gasteiger partial charge in [0.25, 0.3) is 0 Å². The zero-order chi connectivity index (χ0) is 14.1. The highest BCUT2D eigenvalue weighted by molar-refractivity contribution is 7.13. The molecule has 0 bridgehead atoms. The summed E-state index contributed by atoms with van der Waals surface area (Å²) in [5.74, 6) is 0. The number of aryl methyl sites for hydroxylation is 2. The molecule has 2 aromatic heterocycles. The summed E-state index contributed by atoms with van der Waals surface area (Å²) < 4.78 is 2.00. The van der Waals surface area contributed by atoms with E-state index in [1.807, 2.05) is 4.68 Å². The van der Waals surface area contributed by atoms with Gasteiger partial charge in [0.15, 0.2) is 0 Å². The van der Waals surface area contributed by atoms with E-state index < -0.39 is 0 Å². The van der Waals surface area contributed by atoms with E-state index in [4.69, 9.17) is 5.73 Å². The van der Waals surface area contributed by atoms with Gasteiger partial charge >= 0.3 is 0 Å². The van der Waals surface area contributed by atoms with E-state index >= 15 is 0 Å². The summed E-state index contributed by atoms with van der Waals surface area (Å²) in [5.41, 5.74) is 11.4. The van der Waals surface area contributed by atoms with Crippen molar-refractivity contribution in [2.24, 2.45) is 5.73 Å². The Morgan fingerprint density at radius 3 is 2.70 bits per heavy atom. The van der Waals surface area contributed by atoms with Crippen molar-refractivity contribution < 1.29 is 0 Å². The van der Waals surface area contributed by atoms with Crippen molar-refractivity contribution >= 4 is 11.3 Å². The van der Waals surface area contributed by atoms with Gasteiger partial charge in [-0.15, -0.1) is 11.3 Å². The van der Waals surface area contributed by atoms with Crippen LogP contribution in [0.1, 0.15) is 16.8 Å². The van der Waals surface area contributed by atoms with Crippen molar-refractivity contribution in [1.29, 1.82) is 0 Å². The van der Waals surface area contributed by atoms with Crippen LogP contribution < -0.4 is 5.73 Å². The van der Waals surface area contributed by atoms with Crippen molar-refractivity contribution in [2.75, 3.05) is 0 Å². The Labute approximate surface area is 122 Å². The second-order valence-electron chi connectivity index (χ2n) is 4.90. The van der Waals surface area contributed by atoms with Crippen LogP contribution in [-0.2, 0) is 6.54 Å². The summed E-state index contributed by atoms with van der Waals surface area (Å²) in [6, 6.07) is 12.7. The molecule has 0 saturated heterocycles. The van der Waals surface area contributed by atoms with Gasteiger partial charge in [0.1, 0.15) is 0 Å². The molecule has 4 heteroatoms. The molecule has 0 aliphatic rings. The fourth-order valence-electron chi connectivity index (χ4n) is 2.36. The second-order valence-corrected chi connectivity index (χ2v) is 5.85. The lowest BCUT2D eigenvalue weighted by molar-refractivity contribution is 0.834. The molecule has 2 N–H and O–H groups in total. The lowest BCUT2D eigenvalue weighted by Crippen LogP contribution is -2.03. The third kappa shape index (κ3) is 2.28. The van der Waals surface area contributed by atoms with Crippen molar-refractivity contribution in [2.45, 2.75) is 20.4 Å². The Kier molecular flexibility index (Phi) is 3.42. The maximum atomic E-state index is 5.75. The average Bonchev–Trinajstić information content (AvgIpc) is 3.07.